The molecule has 0 atom stereocenters. The lowest BCUT2D eigenvalue weighted by Gasteiger charge is -2.19. The average Bonchev–Trinajstić information content (AvgIpc) is 3.25. The Labute approximate surface area is 186 Å². The van der Waals surface area contributed by atoms with Crippen molar-refractivity contribution >= 4 is 11.5 Å². The lowest BCUT2D eigenvalue weighted by atomic mass is 9.92. The molecule has 0 N–H and O–H groups in total. The van der Waals surface area contributed by atoms with Gasteiger partial charge in [0.2, 0.25) is 0 Å². The number of ketones is 1. The van der Waals surface area contributed by atoms with E-state index in [1.54, 1.807) is 6.07 Å². The van der Waals surface area contributed by atoms with E-state index in [2.05, 4.69) is 30.9 Å². The zero-order valence-electron chi connectivity index (χ0n) is 19.4. The first-order chi connectivity index (χ1) is 14.9. The largest absolute Gasteiger partial charge is 0.298 e. The minimum absolute atomic E-state index is 0.141. The van der Waals surface area contributed by atoms with Gasteiger partial charge in [0.1, 0.15) is 5.82 Å². The summed E-state index contributed by atoms with van der Waals surface area (Å²) in [5, 5.41) is 0. The first-order valence-corrected chi connectivity index (χ1v) is 11.6. The van der Waals surface area contributed by atoms with Crippen molar-refractivity contribution in [2.75, 3.05) is 26.2 Å². The maximum atomic E-state index is 13.5. The molecule has 0 unspecified atom stereocenters. The molecule has 3 nitrogen and oxygen atoms in total. The molecule has 3 rings (SSSR count). The molecule has 0 radical (unpaired) electrons. The van der Waals surface area contributed by atoms with Gasteiger partial charge in [-0.05, 0) is 100.0 Å². The fourth-order valence-electron chi connectivity index (χ4n) is 4.58. The molecule has 1 fully saturated rings. The van der Waals surface area contributed by atoms with Gasteiger partial charge in [-0.2, -0.15) is 0 Å². The molecule has 166 valence electrons. The Hall–Kier alpha value is -2.33. The van der Waals surface area contributed by atoms with Gasteiger partial charge in [-0.1, -0.05) is 19.1 Å². The van der Waals surface area contributed by atoms with E-state index < -0.39 is 0 Å². The second kappa shape index (κ2) is 10.8. The minimum atomic E-state index is -0.216. The van der Waals surface area contributed by atoms with Crippen LogP contribution in [0.2, 0.25) is 0 Å². The predicted molar refractivity (Wildman–Crippen MR) is 127 cm³/mol. The lowest BCUT2D eigenvalue weighted by molar-refractivity contribution is 0.0982. The van der Waals surface area contributed by atoms with E-state index in [-0.39, 0.29) is 11.6 Å². The topological polar surface area (TPSA) is 32.7 Å². The first-order valence-electron chi connectivity index (χ1n) is 11.6. The van der Waals surface area contributed by atoms with Crippen LogP contribution in [-0.4, -0.2) is 42.6 Å². The van der Waals surface area contributed by atoms with E-state index >= 15 is 0 Å². The highest BCUT2D eigenvalue weighted by atomic mass is 19.1. The summed E-state index contributed by atoms with van der Waals surface area (Å²) in [6.45, 7) is 12.0. The molecular formula is C27H35FN2O. The van der Waals surface area contributed by atoms with Crippen molar-refractivity contribution in [1.82, 2.24) is 4.90 Å². The van der Waals surface area contributed by atoms with Gasteiger partial charge in [0, 0.05) is 30.6 Å². The van der Waals surface area contributed by atoms with Crippen molar-refractivity contribution in [3.63, 3.8) is 0 Å². The number of nitrogens with zero attached hydrogens (tertiary/aromatic N) is 2. The number of rotatable bonds is 9. The van der Waals surface area contributed by atoms with E-state index in [9.17, 15) is 9.18 Å². The molecule has 2 aromatic carbocycles. The van der Waals surface area contributed by atoms with E-state index in [0.29, 0.717) is 12.8 Å². The zero-order chi connectivity index (χ0) is 22.4. The zero-order valence-corrected chi connectivity index (χ0v) is 19.4. The van der Waals surface area contributed by atoms with Crippen LogP contribution in [0.1, 0.15) is 71.3 Å². The summed E-state index contributed by atoms with van der Waals surface area (Å²) in [5.41, 5.74) is 7.19. The van der Waals surface area contributed by atoms with Crippen LogP contribution in [0.4, 0.5) is 4.39 Å². The molecular weight excluding hydrogens is 387 g/mol. The standard InChI is InChI=1S/C27H35FN2O/c1-5-21-16-23(28)11-9-22(21)10-12-27(31)25-17-24(19(3)15-20(25)4)26(29-6-2)18-30-13-7-8-14-30/h9,11,15-17H,5-8,10,12-14,18H2,1-4H3. The third kappa shape index (κ3) is 5.88. The van der Waals surface area contributed by atoms with E-state index in [4.69, 9.17) is 4.99 Å². The molecule has 31 heavy (non-hydrogen) atoms. The van der Waals surface area contributed by atoms with E-state index in [1.807, 2.05) is 19.9 Å². The number of likely N-dealkylation sites (tertiary alicyclic amines) is 1. The van der Waals surface area contributed by atoms with Crippen LogP contribution in [0.25, 0.3) is 0 Å². The number of halogens is 1. The molecule has 1 aliphatic rings. The average molecular weight is 423 g/mol. The van der Waals surface area contributed by atoms with E-state index in [0.717, 1.165) is 66.1 Å². The van der Waals surface area contributed by atoms with Gasteiger partial charge >= 0.3 is 0 Å². The molecule has 0 bridgehead atoms. The third-order valence-corrected chi connectivity index (χ3v) is 6.27. The fourth-order valence-corrected chi connectivity index (χ4v) is 4.58. The van der Waals surface area contributed by atoms with Crippen molar-refractivity contribution in [2.45, 2.75) is 59.8 Å². The summed E-state index contributed by atoms with van der Waals surface area (Å²) in [6, 6.07) is 9.06. The number of Topliss-reactive ketones (excluding diaryl/α,β-unsaturated/α-hetero) is 1. The van der Waals surface area contributed by atoms with E-state index in [1.165, 1.54) is 24.5 Å². The Bertz CT molecular complexity index is 958. The maximum Gasteiger partial charge on any atom is 0.163 e. The number of hydrogen-bond donors (Lipinski definition) is 0. The number of benzene rings is 2. The quantitative estimate of drug-likeness (QED) is 0.382. The molecule has 4 heteroatoms. The number of aliphatic imine (C=N–C) groups is 1. The summed E-state index contributed by atoms with van der Waals surface area (Å²) < 4.78 is 13.5. The number of carbonyl (C=O) groups is 1. The lowest BCUT2D eigenvalue weighted by Crippen LogP contribution is -2.28. The molecule has 1 aliphatic heterocycles. The van der Waals surface area contributed by atoms with Crippen molar-refractivity contribution in [3.05, 3.63) is 69.5 Å². The van der Waals surface area contributed by atoms with Gasteiger partial charge in [0.25, 0.3) is 0 Å². The Balaban J connectivity index is 1.82. The van der Waals surface area contributed by atoms with Crippen LogP contribution in [0.5, 0.6) is 0 Å². The first kappa shape index (κ1) is 23.3. The molecule has 1 heterocycles. The summed E-state index contributed by atoms with van der Waals surface area (Å²) >= 11 is 0. The Morgan fingerprint density at radius 1 is 1.00 bits per heavy atom. The van der Waals surface area contributed by atoms with Gasteiger partial charge in [-0.25, -0.2) is 4.39 Å². The van der Waals surface area contributed by atoms with Crippen LogP contribution in [0, 0.1) is 19.7 Å². The normalized spacial score (nSPS) is 14.9. The molecule has 2 aromatic rings. The molecule has 1 saturated heterocycles. The second-order valence-electron chi connectivity index (χ2n) is 8.58. The summed E-state index contributed by atoms with van der Waals surface area (Å²) in [4.78, 5) is 20.4. The highest BCUT2D eigenvalue weighted by Gasteiger charge is 2.19. The minimum Gasteiger partial charge on any atom is -0.298 e. The third-order valence-electron chi connectivity index (χ3n) is 6.27. The monoisotopic (exact) mass is 422 g/mol. The molecule has 0 aromatic heterocycles. The predicted octanol–water partition coefficient (Wildman–Crippen LogP) is 5.73. The highest BCUT2D eigenvalue weighted by molar-refractivity contribution is 6.06. The van der Waals surface area contributed by atoms with Crippen LogP contribution >= 0.6 is 0 Å². The van der Waals surface area contributed by atoms with Crippen LogP contribution in [0.3, 0.4) is 0 Å². The van der Waals surface area contributed by atoms with Gasteiger partial charge in [0.15, 0.2) is 5.78 Å². The Morgan fingerprint density at radius 3 is 2.39 bits per heavy atom. The molecule has 0 saturated carbocycles. The maximum absolute atomic E-state index is 13.5. The summed E-state index contributed by atoms with van der Waals surface area (Å²) in [6.07, 6.45) is 4.32. The van der Waals surface area contributed by atoms with Gasteiger partial charge in [-0.15, -0.1) is 0 Å². The molecule has 0 spiro atoms. The smallest absolute Gasteiger partial charge is 0.163 e. The van der Waals surface area contributed by atoms with Gasteiger partial charge in [0.05, 0.1) is 5.71 Å². The molecule has 0 aliphatic carbocycles. The Morgan fingerprint density at radius 2 is 1.71 bits per heavy atom. The van der Waals surface area contributed by atoms with Crippen LogP contribution in [-0.2, 0) is 12.8 Å². The van der Waals surface area contributed by atoms with Crippen molar-refractivity contribution < 1.29 is 9.18 Å². The van der Waals surface area contributed by atoms with Crippen molar-refractivity contribution in [3.8, 4) is 0 Å². The summed E-state index contributed by atoms with van der Waals surface area (Å²) in [5.74, 6) is -0.0751. The van der Waals surface area contributed by atoms with Crippen LogP contribution in [0.15, 0.2) is 35.3 Å². The number of carbonyl (C=O) groups excluding carboxylic acids is 1. The summed E-state index contributed by atoms with van der Waals surface area (Å²) in [7, 11) is 0. The second-order valence-corrected chi connectivity index (χ2v) is 8.58. The number of aryl methyl sites for hydroxylation is 4. The SMILES string of the molecule is CCN=C(CN1CCCC1)c1cc(C(=O)CCc2ccc(F)cc2CC)c(C)cc1C. The number of hydrogen-bond acceptors (Lipinski definition) is 3. The van der Waals surface area contributed by atoms with Crippen LogP contribution < -0.4 is 0 Å². The van der Waals surface area contributed by atoms with Crippen molar-refractivity contribution in [2.24, 2.45) is 4.99 Å². The Kier molecular flexibility index (Phi) is 8.14. The van der Waals surface area contributed by atoms with Crippen molar-refractivity contribution in [1.29, 1.82) is 0 Å². The van der Waals surface area contributed by atoms with Gasteiger partial charge < -0.3 is 0 Å². The fraction of sp³-hybridized carbons (Fsp3) is 0.481. The van der Waals surface area contributed by atoms with Gasteiger partial charge in [-0.3, -0.25) is 14.7 Å². The molecule has 0 amide bonds. The highest BCUT2D eigenvalue weighted by Crippen LogP contribution is 2.22.